The lowest BCUT2D eigenvalue weighted by atomic mass is 10.0. The minimum Gasteiger partial charge on any atom is -0.352 e. The van der Waals surface area contributed by atoms with E-state index in [1.54, 1.807) is 36.4 Å². The molecule has 1 aliphatic rings. The van der Waals surface area contributed by atoms with Crippen LogP contribution in [0.15, 0.2) is 108 Å². The highest BCUT2D eigenvalue weighted by Gasteiger charge is 2.35. The summed E-state index contributed by atoms with van der Waals surface area (Å²) in [5.41, 5.74) is 2.66. The molecule has 0 heterocycles. The van der Waals surface area contributed by atoms with Crippen LogP contribution < -0.4 is 9.62 Å². The molecule has 2 amide bonds. The number of benzene rings is 4. The summed E-state index contributed by atoms with van der Waals surface area (Å²) >= 11 is 6.05. The van der Waals surface area contributed by atoms with Gasteiger partial charge in [0.1, 0.15) is 18.4 Å². The van der Waals surface area contributed by atoms with Gasteiger partial charge in [0.2, 0.25) is 11.8 Å². The monoisotopic (exact) mass is 661 g/mol. The summed E-state index contributed by atoms with van der Waals surface area (Å²) in [7, 11) is -4.24. The fourth-order valence-electron chi connectivity index (χ4n) is 5.68. The van der Waals surface area contributed by atoms with Crippen LogP contribution in [0.3, 0.4) is 0 Å². The van der Waals surface area contributed by atoms with E-state index in [9.17, 15) is 22.4 Å². The number of carbonyl (C=O) groups is 2. The van der Waals surface area contributed by atoms with Crippen molar-refractivity contribution in [3.05, 3.63) is 131 Å². The Morgan fingerprint density at radius 3 is 2.13 bits per heavy atom. The predicted octanol–water partition coefficient (Wildman–Crippen LogP) is 6.68. The summed E-state index contributed by atoms with van der Waals surface area (Å²) < 4.78 is 43.1. The fraction of sp³-hybridized carbons (Fsp3) is 0.278. The molecule has 0 bridgehead atoms. The molecule has 0 radical (unpaired) electrons. The van der Waals surface area contributed by atoms with Gasteiger partial charge in [-0.05, 0) is 79.4 Å². The quantitative estimate of drug-likeness (QED) is 0.184. The van der Waals surface area contributed by atoms with Crippen LogP contribution in [-0.4, -0.2) is 43.8 Å². The highest BCUT2D eigenvalue weighted by atomic mass is 35.5. The molecule has 4 aromatic rings. The van der Waals surface area contributed by atoms with Gasteiger partial charge in [-0.15, -0.1) is 0 Å². The van der Waals surface area contributed by atoms with Gasteiger partial charge in [0.25, 0.3) is 10.0 Å². The molecule has 240 valence electrons. The first-order valence-electron chi connectivity index (χ1n) is 15.3. The molecule has 46 heavy (non-hydrogen) atoms. The van der Waals surface area contributed by atoms with Gasteiger partial charge < -0.3 is 10.2 Å². The number of aryl methyl sites for hydroxylation is 1. The third-order valence-electron chi connectivity index (χ3n) is 8.24. The van der Waals surface area contributed by atoms with E-state index >= 15 is 0 Å². The standard InChI is InChI=1S/C36H37ClFN3O4S/c1-26-11-19-32(20-12-26)41(46(44,45)33-21-15-29(37)16-22-33)25-35(42)40(24-28-13-17-30(38)18-14-28)34(23-27-7-3-2-4-8-27)36(43)39-31-9-5-6-10-31/h2-4,7-8,11-22,31,34H,5-6,9-10,23-25H2,1H3,(H,39,43)/t34-/m0/s1. The highest BCUT2D eigenvalue weighted by Crippen LogP contribution is 2.27. The van der Waals surface area contributed by atoms with Gasteiger partial charge in [0.15, 0.2) is 0 Å². The lowest BCUT2D eigenvalue weighted by molar-refractivity contribution is -0.140. The first-order valence-corrected chi connectivity index (χ1v) is 17.1. The summed E-state index contributed by atoms with van der Waals surface area (Å²) in [5, 5.41) is 3.52. The van der Waals surface area contributed by atoms with E-state index in [1.807, 2.05) is 37.3 Å². The third kappa shape index (κ3) is 8.33. The van der Waals surface area contributed by atoms with Gasteiger partial charge in [-0.3, -0.25) is 13.9 Å². The van der Waals surface area contributed by atoms with E-state index in [1.165, 1.54) is 41.3 Å². The second-order valence-electron chi connectivity index (χ2n) is 11.6. The molecule has 4 aromatic carbocycles. The van der Waals surface area contributed by atoms with Crippen molar-refractivity contribution in [1.29, 1.82) is 0 Å². The maximum atomic E-state index is 14.5. The van der Waals surface area contributed by atoms with Gasteiger partial charge in [0.05, 0.1) is 10.6 Å². The molecule has 7 nitrogen and oxygen atoms in total. The highest BCUT2D eigenvalue weighted by molar-refractivity contribution is 7.92. The zero-order valence-corrected chi connectivity index (χ0v) is 27.2. The van der Waals surface area contributed by atoms with E-state index in [0.29, 0.717) is 16.3 Å². The average Bonchev–Trinajstić information content (AvgIpc) is 3.56. The smallest absolute Gasteiger partial charge is 0.264 e. The Morgan fingerprint density at radius 2 is 1.50 bits per heavy atom. The molecular formula is C36H37ClFN3O4S. The number of nitrogens with zero attached hydrogens (tertiary/aromatic N) is 2. The first-order chi connectivity index (χ1) is 22.1. The minimum absolute atomic E-state index is 0.00267. The Hall–Kier alpha value is -4.21. The molecular weight excluding hydrogens is 625 g/mol. The number of amides is 2. The molecule has 0 unspecified atom stereocenters. The summed E-state index contributed by atoms with van der Waals surface area (Å²) in [6, 6.07) is 26.7. The van der Waals surface area contributed by atoms with E-state index in [4.69, 9.17) is 11.6 Å². The van der Waals surface area contributed by atoms with Crippen molar-refractivity contribution in [2.24, 2.45) is 0 Å². The van der Waals surface area contributed by atoms with Crippen LogP contribution in [0.5, 0.6) is 0 Å². The predicted molar refractivity (Wildman–Crippen MR) is 178 cm³/mol. The second kappa shape index (κ2) is 14.9. The lowest BCUT2D eigenvalue weighted by Crippen LogP contribution is -2.54. The second-order valence-corrected chi connectivity index (χ2v) is 13.9. The van der Waals surface area contributed by atoms with Crippen LogP contribution in [0.4, 0.5) is 10.1 Å². The molecule has 1 atom stereocenters. The normalized spacial score (nSPS) is 14.1. The van der Waals surface area contributed by atoms with Crippen LogP contribution in [0, 0.1) is 12.7 Å². The molecule has 0 aliphatic heterocycles. The third-order valence-corrected chi connectivity index (χ3v) is 10.3. The fourth-order valence-corrected chi connectivity index (χ4v) is 7.22. The van der Waals surface area contributed by atoms with Gasteiger partial charge in [-0.2, -0.15) is 0 Å². The summed E-state index contributed by atoms with van der Waals surface area (Å²) in [6.07, 6.45) is 3.95. The van der Waals surface area contributed by atoms with E-state index < -0.39 is 34.3 Å². The van der Waals surface area contributed by atoms with Crippen molar-refractivity contribution in [3.8, 4) is 0 Å². The Balaban J connectivity index is 1.55. The number of rotatable bonds is 12. The summed E-state index contributed by atoms with van der Waals surface area (Å²) in [4.78, 5) is 29.9. The Kier molecular flexibility index (Phi) is 10.8. The van der Waals surface area contributed by atoms with Crippen molar-refractivity contribution in [2.75, 3.05) is 10.8 Å². The van der Waals surface area contributed by atoms with E-state index in [0.717, 1.165) is 41.1 Å². The zero-order chi connectivity index (χ0) is 32.7. The van der Waals surface area contributed by atoms with Crippen LogP contribution >= 0.6 is 11.6 Å². The molecule has 0 aromatic heterocycles. The average molecular weight is 662 g/mol. The zero-order valence-electron chi connectivity index (χ0n) is 25.6. The summed E-state index contributed by atoms with van der Waals surface area (Å²) in [6.45, 7) is 1.28. The first kappa shape index (κ1) is 33.2. The van der Waals surface area contributed by atoms with Crippen molar-refractivity contribution >= 4 is 39.1 Å². The minimum atomic E-state index is -4.24. The SMILES string of the molecule is Cc1ccc(N(CC(=O)N(Cc2ccc(F)cc2)[C@@H](Cc2ccccc2)C(=O)NC2CCCC2)S(=O)(=O)c2ccc(Cl)cc2)cc1. The molecule has 1 saturated carbocycles. The molecule has 5 rings (SSSR count). The van der Waals surface area contributed by atoms with Crippen LogP contribution in [0.1, 0.15) is 42.4 Å². The number of hydrogen-bond donors (Lipinski definition) is 1. The van der Waals surface area contributed by atoms with Crippen LogP contribution in [0.2, 0.25) is 5.02 Å². The van der Waals surface area contributed by atoms with Crippen molar-refractivity contribution in [1.82, 2.24) is 10.2 Å². The van der Waals surface area contributed by atoms with Gasteiger partial charge in [-0.25, -0.2) is 12.8 Å². The number of anilines is 1. The van der Waals surface area contributed by atoms with Crippen molar-refractivity contribution in [2.45, 2.75) is 62.6 Å². The van der Waals surface area contributed by atoms with Crippen LogP contribution in [-0.2, 0) is 32.6 Å². The summed E-state index contributed by atoms with van der Waals surface area (Å²) in [5.74, 6) is -1.32. The van der Waals surface area contributed by atoms with Gasteiger partial charge in [-0.1, -0.05) is 84.6 Å². The van der Waals surface area contributed by atoms with Crippen molar-refractivity contribution in [3.63, 3.8) is 0 Å². The number of nitrogens with one attached hydrogen (secondary N) is 1. The van der Waals surface area contributed by atoms with Crippen molar-refractivity contribution < 1.29 is 22.4 Å². The molecule has 1 aliphatic carbocycles. The Labute approximate surface area is 275 Å². The number of halogens is 2. The molecule has 1 N–H and O–H groups in total. The number of carbonyl (C=O) groups excluding carboxylic acids is 2. The maximum absolute atomic E-state index is 14.5. The molecule has 1 fully saturated rings. The Morgan fingerprint density at radius 1 is 0.870 bits per heavy atom. The van der Waals surface area contributed by atoms with Crippen LogP contribution in [0.25, 0.3) is 0 Å². The Bertz CT molecular complexity index is 1730. The largest absolute Gasteiger partial charge is 0.352 e. The number of hydrogen-bond acceptors (Lipinski definition) is 4. The number of sulfonamides is 1. The van der Waals surface area contributed by atoms with E-state index in [2.05, 4.69) is 5.32 Å². The molecule has 0 saturated heterocycles. The molecule has 0 spiro atoms. The molecule has 10 heteroatoms. The van der Waals surface area contributed by atoms with Gasteiger partial charge in [0, 0.05) is 24.0 Å². The maximum Gasteiger partial charge on any atom is 0.264 e. The topological polar surface area (TPSA) is 86.8 Å². The van der Waals surface area contributed by atoms with E-state index in [-0.39, 0.29) is 29.8 Å². The lowest BCUT2D eigenvalue weighted by Gasteiger charge is -2.34. The van der Waals surface area contributed by atoms with Gasteiger partial charge >= 0.3 is 0 Å².